The van der Waals surface area contributed by atoms with Crippen molar-refractivity contribution in [1.29, 1.82) is 0 Å². The van der Waals surface area contributed by atoms with Gasteiger partial charge in [-0.1, -0.05) is 326 Å². The Morgan fingerprint density at radius 3 is 0.446 bits per heavy atom. The first-order valence-electron chi connectivity index (χ1n) is 44.3. The number of alkyl halides is 4. The molecule has 0 spiro atoms. The SMILES string of the molecule is COc1ccc(N2CC(=CO[Si](c3ccccc3)(c3ccccc3)C(C)(C)C)CN(c3ccc(OC)cc3)CC(=CO[Si](c3ccccc3)(c3ccccc3)C(C)(C)C)C2)cc1.COc1ccc(N2CC(=CO[Si](c3ccccc3)(c3ccccc3)C(C)(C)C)CN(c3ccc(OC)cc3)CC(=CO[Si](c3ccccc3)(c3ccccc3)C(C)(C)C)C2)cc1.ClCCl.ClCCl. The molecule has 2 saturated heterocycles. The molecule has 20 heteroatoms. The van der Waals surface area contributed by atoms with E-state index in [0.29, 0.717) is 52.4 Å². The van der Waals surface area contributed by atoms with Gasteiger partial charge in [0, 0.05) is 97.4 Å². The van der Waals surface area contributed by atoms with Gasteiger partial charge in [-0.05, 0) is 159 Å². The summed E-state index contributed by atoms with van der Waals surface area (Å²) < 4.78 is 52.7. The molecule has 12 nitrogen and oxygen atoms in total. The topological polar surface area (TPSA) is 86.8 Å². The van der Waals surface area contributed by atoms with Gasteiger partial charge in [-0.15, -0.1) is 46.4 Å². The minimum absolute atomic E-state index is 0.187. The fraction of sp³-hybridized carbons (Fsp3) is 0.273. The van der Waals surface area contributed by atoms with Crippen molar-refractivity contribution in [3.63, 3.8) is 0 Å². The first-order chi connectivity index (χ1) is 62.6. The number of hydrogen-bond acceptors (Lipinski definition) is 12. The molecule has 14 rings (SSSR count). The molecule has 0 radical (unpaired) electrons. The van der Waals surface area contributed by atoms with E-state index in [4.69, 9.17) is 83.1 Å². The van der Waals surface area contributed by atoms with Crippen molar-refractivity contribution >= 4 is 144 Å². The zero-order valence-electron chi connectivity index (χ0n) is 78.3. The zero-order chi connectivity index (χ0) is 93.0. The van der Waals surface area contributed by atoms with Gasteiger partial charge < -0.3 is 56.3 Å². The van der Waals surface area contributed by atoms with E-state index in [1.54, 1.807) is 28.4 Å². The molecular formula is C110H128Cl4N4O8Si4. The van der Waals surface area contributed by atoms with Gasteiger partial charge in [-0.3, -0.25) is 0 Å². The second-order valence-corrected chi connectivity index (χ2v) is 55.3. The predicted octanol–water partition coefficient (Wildman–Crippen LogP) is 22.7. The van der Waals surface area contributed by atoms with Crippen molar-refractivity contribution in [3.8, 4) is 23.0 Å². The van der Waals surface area contributed by atoms with Crippen LogP contribution in [0.15, 0.2) is 387 Å². The van der Waals surface area contributed by atoms with E-state index in [9.17, 15) is 0 Å². The Morgan fingerprint density at radius 2 is 0.338 bits per heavy atom. The highest BCUT2D eigenvalue weighted by Crippen LogP contribution is 2.43. The molecule has 0 saturated carbocycles. The van der Waals surface area contributed by atoms with Crippen molar-refractivity contribution in [2.45, 2.75) is 103 Å². The van der Waals surface area contributed by atoms with Gasteiger partial charge in [0.1, 0.15) is 23.0 Å². The Bertz CT molecular complexity index is 4660. The van der Waals surface area contributed by atoms with E-state index in [0.717, 1.165) is 68.0 Å². The average Bonchev–Trinajstić information content (AvgIpc) is 0.758. The molecule has 680 valence electrons. The lowest BCUT2D eigenvalue weighted by Crippen LogP contribution is -2.66. The van der Waals surface area contributed by atoms with Crippen LogP contribution in [0.3, 0.4) is 0 Å². The first-order valence-corrected chi connectivity index (χ1v) is 54.0. The third-order valence-electron chi connectivity index (χ3n) is 24.2. The molecule has 0 amide bonds. The maximum Gasteiger partial charge on any atom is 0.319 e. The van der Waals surface area contributed by atoms with E-state index in [2.05, 4.69) is 419 Å². The average molecular weight is 1890 g/mol. The number of rotatable bonds is 24. The lowest BCUT2D eigenvalue weighted by atomic mass is 10.1. The number of benzene rings is 12. The van der Waals surface area contributed by atoms with Crippen LogP contribution in [0.25, 0.3) is 0 Å². The molecule has 0 atom stereocenters. The van der Waals surface area contributed by atoms with Crippen molar-refractivity contribution < 1.29 is 36.7 Å². The highest BCUT2D eigenvalue weighted by molar-refractivity contribution is 7.01. The predicted molar refractivity (Wildman–Crippen MR) is 561 cm³/mol. The van der Waals surface area contributed by atoms with Crippen LogP contribution in [-0.4, -0.2) is 125 Å². The van der Waals surface area contributed by atoms with Crippen LogP contribution < -0.4 is 80.0 Å². The van der Waals surface area contributed by atoms with Gasteiger partial charge in [0.05, 0.1) is 64.2 Å². The van der Waals surface area contributed by atoms with Crippen LogP contribution in [-0.2, 0) is 17.7 Å². The molecule has 0 aromatic heterocycles. The fourth-order valence-corrected chi connectivity index (χ4v) is 35.5. The van der Waals surface area contributed by atoms with Crippen molar-refractivity contribution in [2.75, 3.05) is 111 Å². The molecule has 2 aliphatic rings. The van der Waals surface area contributed by atoms with Crippen LogP contribution >= 0.6 is 46.4 Å². The van der Waals surface area contributed by atoms with Crippen LogP contribution in [0.1, 0.15) is 83.1 Å². The minimum atomic E-state index is -2.89. The molecule has 2 fully saturated rings. The Hall–Kier alpha value is -10.8. The summed E-state index contributed by atoms with van der Waals surface area (Å²) in [7, 11) is -4.72. The molecule has 0 unspecified atom stereocenters. The molecule has 2 heterocycles. The monoisotopic (exact) mass is 1880 g/mol. The molecule has 130 heavy (non-hydrogen) atoms. The summed E-state index contributed by atoms with van der Waals surface area (Å²) in [6.07, 6.45) is 8.44. The quantitative estimate of drug-likeness (QED) is 0.0328. The minimum Gasteiger partial charge on any atom is -0.540 e. The number of ether oxygens (including phenoxy) is 4. The lowest BCUT2D eigenvalue weighted by Gasteiger charge is -2.43. The van der Waals surface area contributed by atoms with Crippen LogP contribution in [0.4, 0.5) is 22.7 Å². The number of methoxy groups -OCH3 is 4. The lowest BCUT2D eigenvalue weighted by molar-refractivity contribution is 0.414. The summed E-state index contributed by atoms with van der Waals surface area (Å²) in [5.41, 5.74) is 9.03. The smallest absolute Gasteiger partial charge is 0.319 e. The summed E-state index contributed by atoms with van der Waals surface area (Å²) in [6, 6.07) is 120. The Balaban J connectivity index is 0.000000237. The standard InChI is InChI=1S/2C54H62N2O4Si2.2CH2Cl2/c2*1-53(2,3)61(49-21-13-9-14-22-49,50-23-15-10-16-24-50)59-41-43-37-55(45-29-33-47(57-7)34-30-45)39-44(40-56(38-43)46-31-35-48(58-8)36-32-46)42-60-62(54(4,5)6,51-25-17-11-18-26-51)52-27-19-12-20-28-52;2*2-1-3/h2*9-36,41-42H,37-40H2,1-8H3;2*1H2. The van der Waals surface area contributed by atoms with Gasteiger partial charge in [0.15, 0.2) is 0 Å². The van der Waals surface area contributed by atoms with Gasteiger partial charge in [0.25, 0.3) is 0 Å². The largest absolute Gasteiger partial charge is 0.540 e. The summed E-state index contributed by atoms with van der Waals surface area (Å²) >= 11 is 19.1. The van der Waals surface area contributed by atoms with E-state index in [1.165, 1.54) is 41.5 Å². The first kappa shape index (κ1) is 99.8. The van der Waals surface area contributed by atoms with E-state index >= 15 is 0 Å². The van der Waals surface area contributed by atoms with Gasteiger partial charge in [-0.2, -0.15) is 0 Å². The van der Waals surface area contributed by atoms with Gasteiger partial charge >= 0.3 is 33.3 Å². The van der Waals surface area contributed by atoms with Crippen LogP contribution in [0, 0.1) is 0 Å². The molecule has 2 aliphatic heterocycles. The maximum absolute atomic E-state index is 7.55. The number of halogens is 4. The number of anilines is 4. The third kappa shape index (κ3) is 23.9. The summed E-state index contributed by atoms with van der Waals surface area (Å²) in [5.74, 6) is 3.29. The highest BCUT2D eigenvalue weighted by Gasteiger charge is 2.55. The van der Waals surface area contributed by atoms with Crippen molar-refractivity contribution in [2.24, 2.45) is 0 Å². The highest BCUT2D eigenvalue weighted by atomic mass is 35.5. The Kier molecular flexibility index (Phi) is 35.6. The van der Waals surface area contributed by atoms with E-state index in [1.807, 2.05) is 48.5 Å². The molecule has 12 aromatic rings. The van der Waals surface area contributed by atoms with Crippen molar-refractivity contribution in [3.05, 3.63) is 387 Å². The second-order valence-electron chi connectivity index (χ2n) is 36.6. The number of nitrogens with zero attached hydrogens (tertiary/aromatic N) is 4. The zero-order valence-corrected chi connectivity index (χ0v) is 85.3. The normalized spacial score (nSPS) is 13.7. The maximum atomic E-state index is 7.55. The second kappa shape index (κ2) is 46.3. The van der Waals surface area contributed by atoms with E-state index < -0.39 is 33.3 Å². The Morgan fingerprint density at radius 1 is 0.215 bits per heavy atom. The van der Waals surface area contributed by atoms with E-state index in [-0.39, 0.29) is 30.8 Å². The van der Waals surface area contributed by atoms with Crippen LogP contribution in [0.5, 0.6) is 23.0 Å². The fourth-order valence-electron chi connectivity index (χ4n) is 18.0. The molecule has 0 bridgehead atoms. The van der Waals surface area contributed by atoms with Crippen molar-refractivity contribution in [1.82, 2.24) is 0 Å². The third-order valence-corrected chi connectivity index (χ3v) is 43.7. The van der Waals surface area contributed by atoms with Gasteiger partial charge in [0.2, 0.25) is 0 Å². The summed E-state index contributed by atoms with van der Waals surface area (Å²) in [5, 5.41) is 9.58. The molecule has 0 aliphatic carbocycles. The molecule has 0 N–H and O–H groups in total. The molecular weight excluding hydrogens is 1760 g/mol. The summed E-state index contributed by atoms with van der Waals surface area (Å²) in [4.78, 5) is 9.80. The Labute approximate surface area is 798 Å². The molecule has 12 aromatic carbocycles. The summed E-state index contributed by atoms with van der Waals surface area (Å²) in [6.45, 7) is 33.0. The van der Waals surface area contributed by atoms with Crippen LogP contribution in [0.2, 0.25) is 20.2 Å². The van der Waals surface area contributed by atoms with Gasteiger partial charge in [-0.25, -0.2) is 0 Å². The number of hydrogen-bond donors (Lipinski definition) is 0.